The van der Waals surface area contributed by atoms with Crippen molar-refractivity contribution in [2.75, 3.05) is 27.2 Å². The van der Waals surface area contributed by atoms with Crippen molar-refractivity contribution in [3.8, 4) is 0 Å². The van der Waals surface area contributed by atoms with E-state index >= 15 is 0 Å². The zero-order valence-corrected chi connectivity index (χ0v) is 33.6. The van der Waals surface area contributed by atoms with Gasteiger partial charge in [0.15, 0.2) is 0 Å². The molecule has 1 saturated heterocycles. The van der Waals surface area contributed by atoms with Gasteiger partial charge in [-0.2, -0.15) is 0 Å². The topological polar surface area (TPSA) is 186 Å². The number of likely N-dealkylation sites (N-methyl/N-ethyl adjacent to an activating group) is 1. The van der Waals surface area contributed by atoms with Crippen LogP contribution in [-0.4, -0.2) is 102 Å². The van der Waals surface area contributed by atoms with E-state index in [4.69, 9.17) is 0 Å². The molecule has 14 nitrogen and oxygen atoms in total. The van der Waals surface area contributed by atoms with E-state index in [9.17, 15) is 33.6 Å². The first-order chi connectivity index (χ1) is 25.0. The first kappa shape index (κ1) is 42.3. The van der Waals surface area contributed by atoms with Gasteiger partial charge in [0.25, 0.3) is 5.91 Å². The molecule has 1 aliphatic heterocycles. The summed E-state index contributed by atoms with van der Waals surface area (Å²) in [6, 6.07) is 4.19. The summed E-state index contributed by atoms with van der Waals surface area (Å²) in [5.41, 5.74) is -0.731. The molecule has 2 aliphatic carbocycles. The van der Waals surface area contributed by atoms with Gasteiger partial charge in [-0.3, -0.25) is 28.8 Å². The van der Waals surface area contributed by atoms with Crippen molar-refractivity contribution >= 4 is 41.4 Å². The molecule has 0 bridgehead atoms. The summed E-state index contributed by atoms with van der Waals surface area (Å²) in [7, 11) is 3.14. The van der Waals surface area contributed by atoms with E-state index in [0.29, 0.717) is 31.4 Å². The number of likely N-dealkylation sites (tertiary alicyclic amines) is 1. The maximum Gasteiger partial charge on any atom is 0.315 e. The number of amides is 7. The lowest BCUT2D eigenvalue weighted by atomic mass is 9.77. The summed E-state index contributed by atoms with van der Waals surface area (Å²) in [6.45, 7) is 15.1. The van der Waals surface area contributed by atoms with Crippen LogP contribution in [0.1, 0.15) is 99.1 Å². The normalized spacial score (nSPS) is 22.4. The third-order valence-electron chi connectivity index (χ3n) is 10.8. The van der Waals surface area contributed by atoms with Gasteiger partial charge in [0.1, 0.15) is 24.2 Å². The van der Waals surface area contributed by atoms with Gasteiger partial charge in [0.2, 0.25) is 29.4 Å². The molecule has 1 aromatic rings. The Kier molecular flexibility index (Phi) is 12.9. The van der Waals surface area contributed by atoms with Crippen LogP contribution in [0.4, 0.5) is 4.79 Å². The fourth-order valence-electron chi connectivity index (χ4n) is 8.00. The zero-order chi connectivity index (χ0) is 40.3. The first-order valence-corrected chi connectivity index (χ1v) is 19.1. The quantitative estimate of drug-likeness (QED) is 0.203. The highest BCUT2D eigenvalue weighted by molar-refractivity contribution is 6.38. The second kappa shape index (κ2) is 16.5. The molecule has 3 aliphatic rings. The smallest absolute Gasteiger partial charge is 0.315 e. The summed E-state index contributed by atoms with van der Waals surface area (Å²) < 4.78 is 0. The Bertz CT molecular complexity index is 1590. The van der Waals surface area contributed by atoms with E-state index in [1.807, 2.05) is 41.5 Å². The van der Waals surface area contributed by atoms with Crippen LogP contribution in [0.2, 0.25) is 0 Å². The highest BCUT2D eigenvalue weighted by Gasteiger charge is 2.56. The molecule has 4 rings (SSSR count). The monoisotopic (exact) mass is 751 g/mol. The second-order valence-electron chi connectivity index (χ2n) is 18.4. The van der Waals surface area contributed by atoms with Gasteiger partial charge in [-0.15, -0.1) is 0 Å². The summed E-state index contributed by atoms with van der Waals surface area (Å²) in [5, 5.41) is 13.6. The highest BCUT2D eigenvalue weighted by atomic mass is 16.2. The molecule has 2 saturated carbocycles. The summed E-state index contributed by atoms with van der Waals surface area (Å²) in [5.74, 6) is -4.25. The van der Waals surface area contributed by atoms with Crippen LogP contribution in [0.3, 0.4) is 0 Å². The molecule has 54 heavy (non-hydrogen) atoms. The number of nitrogens with zero attached hydrogens (tertiary/aromatic N) is 2. The molecule has 1 heterocycles. The molecule has 7 amide bonds. The summed E-state index contributed by atoms with van der Waals surface area (Å²) >= 11 is 0. The molecule has 298 valence electrons. The lowest BCUT2D eigenvalue weighted by Gasteiger charge is -2.38. The minimum atomic E-state index is -1.15. The molecule has 0 radical (unpaired) electrons. The van der Waals surface area contributed by atoms with E-state index in [1.54, 1.807) is 49.3 Å². The van der Waals surface area contributed by atoms with Crippen molar-refractivity contribution in [1.29, 1.82) is 0 Å². The number of Topliss-reactive ketones (excluding diaryl/α,β-unsaturated/α-hetero) is 1. The van der Waals surface area contributed by atoms with Crippen molar-refractivity contribution in [2.24, 2.45) is 28.6 Å². The van der Waals surface area contributed by atoms with Crippen LogP contribution < -0.4 is 26.6 Å². The Morgan fingerprint density at radius 2 is 1.52 bits per heavy atom. The number of hydrogen-bond acceptors (Lipinski definition) is 7. The number of fused-ring (bicyclic) bond motifs is 1. The van der Waals surface area contributed by atoms with Crippen LogP contribution in [-0.2, 0) is 28.8 Å². The average molecular weight is 752 g/mol. The van der Waals surface area contributed by atoms with Crippen molar-refractivity contribution in [2.45, 2.75) is 117 Å². The predicted octanol–water partition coefficient (Wildman–Crippen LogP) is 2.68. The Labute approximate surface area is 319 Å². The molecular weight excluding hydrogens is 690 g/mol. The standard InChI is InChI=1S/C40H61N7O7/c1-38(2,3)32(44-37(54)45-39(4,5)6)36(53)47-22-25-19-40(7,8)20-26(25)30(47)33(50)43-28(23-17-14-18-23)31(49)34(51)41-21-27(48)42-29(35(52)46(9)10)24-15-12-11-13-16-24/h11-13,15-16,23,25-26,28-30,32H,14,17-22H2,1-10H3,(H,41,51)(H,42,48)(H,43,50)(H2,44,45,54)/t25-,26-,28?,29-,30-,32+/m0/s1. The number of ketones is 1. The predicted molar refractivity (Wildman–Crippen MR) is 203 cm³/mol. The van der Waals surface area contributed by atoms with E-state index < -0.39 is 71.2 Å². The number of carbonyl (C=O) groups excluding carboxylic acids is 7. The van der Waals surface area contributed by atoms with Crippen LogP contribution in [0, 0.1) is 28.6 Å². The Balaban J connectivity index is 1.51. The van der Waals surface area contributed by atoms with E-state index in [1.165, 1.54) is 4.90 Å². The number of carbonyl (C=O) groups is 7. The number of hydrogen-bond donors (Lipinski definition) is 5. The van der Waals surface area contributed by atoms with Gasteiger partial charge in [-0.1, -0.05) is 71.4 Å². The van der Waals surface area contributed by atoms with Gasteiger partial charge in [-0.25, -0.2) is 4.79 Å². The SMILES string of the molecule is CN(C)C(=O)[C@@H](NC(=O)CNC(=O)C(=O)C(NC(=O)[C@@H]1[C@H]2CC(C)(C)C[C@H]2CN1C(=O)[C@@H](NC(=O)NC(C)(C)C)C(C)(C)C)C1CCC1)c1ccccc1. The second-order valence-corrected chi connectivity index (χ2v) is 18.4. The molecule has 5 N–H and O–H groups in total. The summed E-state index contributed by atoms with van der Waals surface area (Å²) in [6.07, 6.45) is 3.58. The average Bonchev–Trinajstić information content (AvgIpc) is 3.53. The van der Waals surface area contributed by atoms with Crippen LogP contribution in [0.15, 0.2) is 30.3 Å². The van der Waals surface area contributed by atoms with E-state index in [0.717, 1.165) is 12.8 Å². The first-order valence-electron chi connectivity index (χ1n) is 19.1. The molecule has 0 spiro atoms. The maximum absolute atomic E-state index is 14.4. The zero-order valence-electron chi connectivity index (χ0n) is 33.6. The van der Waals surface area contributed by atoms with E-state index in [-0.39, 0.29) is 35.0 Å². The molecule has 1 aromatic carbocycles. The van der Waals surface area contributed by atoms with E-state index in [2.05, 4.69) is 40.4 Å². The highest BCUT2D eigenvalue weighted by Crippen LogP contribution is 2.51. The lowest BCUT2D eigenvalue weighted by Crippen LogP contribution is -2.62. The van der Waals surface area contributed by atoms with Crippen LogP contribution >= 0.6 is 0 Å². The molecule has 3 fully saturated rings. The largest absolute Gasteiger partial charge is 0.347 e. The molecule has 14 heteroatoms. The van der Waals surface area contributed by atoms with Gasteiger partial charge >= 0.3 is 6.03 Å². The van der Waals surface area contributed by atoms with Gasteiger partial charge < -0.3 is 36.4 Å². The Hall–Kier alpha value is -4.49. The number of benzene rings is 1. The maximum atomic E-state index is 14.4. The molecular formula is C40H61N7O7. The Morgan fingerprint density at radius 3 is 2.06 bits per heavy atom. The van der Waals surface area contributed by atoms with Crippen molar-refractivity contribution in [3.05, 3.63) is 35.9 Å². The third-order valence-corrected chi connectivity index (χ3v) is 10.8. The van der Waals surface area contributed by atoms with Gasteiger partial charge in [-0.05, 0) is 80.6 Å². The summed E-state index contributed by atoms with van der Waals surface area (Å²) in [4.78, 5) is 97.7. The molecule has 6 atom stereocenters. The third kappa shape index (κ3) is 10.4. The van der Waals surface area contributed by atoms with Crippen molar-refractivity contribution in [1.82, 2.24) is 36.4 Å². The fourth-order valence-corrected chi connectivity index (χ4v) is 8.00. The lowest BCUT2D eigenvalue weighted by molar-refractivity contribution is -0.145. The Morgan fingerprint density at radius 1 is 0.889 bits per heavy atom. The van der Waals surface area contributed by atoms with Crippen LogP contribution in [0.25, 0.3) is 0 Å². The minimum absolute atomic E-state index is 0.0440. The number of rotatable bonds is 12. The molecule has 1 unspecified atom stereocenters. The van der Waals surface area contributed by atoms with Gasteiger partial charge in [0, 0.05) is 26.2 Å². The fraction of sp³-hybridized carbons (Fsp3) is 0.675. The number of nitrogens with one attached hydrogen (secondary N) is 5. The molecule has 0 aromatic heterocycles. The number of urea groups is 1. The van der Waals surface area contributed by atoms with Crippen molar-refractivity contribution in [3.63, 3.8) is 0 Å². The van der Waals surface area contributed by atoms with Gasteiger partial charge in [0.05, 0.1) is 6.54 Å². The van der Waals surface area contributed by atoms with Crippen molar-refractivity contribution < 1.29 is 33.6 Å². The van der Waals surface area contributed by atoms with Crippen LogP contribution in [0.5, 0.6) is 0 Å². The minimum Gasteiger partial charge on any atom is -0.347 e.